The van der Waals surface area contributed by atoms with Gasteiger partial charge in [-0.25, -0.2) is 0 Å². The van der Waals surface area contributed by atoms with Crippen molar-refractivity contribution in [2.45, 2.75) is 23.9 Å². The van der Waals surface area contributed by atoms with Crippen LogP contribution in [-0.4, -0.2) is 24.5 Å². The topological polar surface area (TPSA) is 101 Å². The molecule has 0 fully saturated rings. The lowest BCUT2D eigenvalue weighted by Crippen LogP contribution is -2.14. The Bertz CT molecular complexity index is 899. The number of nitrogens with zero attached hydrogens (tertiary/aromatic N) is 2. The van der Waals surface area contributed by atoms with E-state index in [1.807, 2.05) is 4.72 Å². The first-order valence-electron chi connectivity index (χ1n) is 6.56. The number of benzene rings is 1. The summed E-state index contributed by atoms with van der Waals surface area (Å²) in [6.45, 7) is 1.59. The Morgan fingerprint density at radius 2 is 2.00 bits per heavy atom. The largest absolute Gasteiger partial charge is 0.417 e. The smallest absolute Gasteiger partial charge is 0.301 e. The number of carbonyl (C=O) groups is 1. The molecule has 2 rings (SSSR count). The lowest BCUT2D eigenvalue weighted by molar-refractivity contribution is -0.137. The lowest BCUT2D eigenvalue weighted by Gasteiger charge is -2.11. The highest BCUT2D eigenvalue weighted by Gasteiger charge is 2.34. The van der Waals surface area contributed by atoms with Crippen molar-refractivity contribution in [2.24, 2.45) is 0 Å². The summed E-state index contributed by atoms with van der Waals surface area (Å²) in [4.78, 5) is 11.2. The SMILES string of the molecule is CCC(=O)Nc1nnc(S(=O)(=O)Nc2ccc(Cl)c(C(F)(F)F)c2)s1. The van der Waals surface area contributed by atoms with Crippen molar-refractivity contribution in [3.8, 4) is 0 Å². The Hall–Kier alpha value is -1.92. The summed E-state index contributed by atoms with van der Waals surface area (Å²) in [5, 5.41) is 8.64. The van der Waals surface area contributed by atoms with E-state index in [0.717, 1.165) is 12.1 Å². The maximum absolute atomic E-state index is 12.8. The van der Waals surface area contributed by atoms with E-state index in [9.17, 15) is 26.4 Å². The summed E-state index contributed by atoms with van der Waals surface area (Å²) in [7, 11) is -4.28. The highest BCUT2D eigenvalue weighted by molar-refractivity contribution is 7.94. The van der Waals surface area contributed by atoms with Crippen LogP contribution in [0.2, 0.25) is 5.02 Å². The van der Waals surface area contributed by atoms with Gasteiger partial charge in [-0.1, -0.05) is 29.9 Å². The Morgan fingerprint density at radius 3 is 2.60 bits per heavy atom. The number of aromatic nitrogens is 2. The molecule has 25 heavy (non-hydrogen) atoms. The van der Waals surface area contributed by atoms with Crippen LogP contribution in [0, 0.1) is 0 Å². The Labute approximate surface area is 149 Å². The number of alkyl halides is 3. The number of anilines is 2. The molecule has 0 atom stereocenters. The molecule has 13 heteroatoms. The van der Waals surface area contributed by atoms with Crippen LogP contribution >= 0.6 is 22.9 Å². The third-order valence-electron chi connectivity index (χ3n) is 2.73. The molecule has 7 nitrogen and oxygen atoms in total. The minimum absolute atomic E-state index is 0.0423. The highest BCUT2D eigenvalue weighted by atomic mass is 35.5. The standard InChI is InChI=1S/C12H10ClF3N4O3S2/c1-2-9(21)17-10-18-19-11(24-10)25(22,23)20-6-3-4-8(13)7(5-6)12(14,15)16/h3-5,20H,2H2,1H3,(H,17,18,21). The molecule has 0 saturated heterocycles. The van der Waals surface area contributed by atoms with Gasteiger partial charge in [0.25, 0.3) is 14.4 Å². The molecule has 1 heterocycles. The molecule has 2 aromatic rings. The van der Waals surface area contributed by atoms with Gasteiger partial charge in [0, 0.05) is 12.1 Å². The van der Waals surface area contributed by atoms with Crippen LogP contribution in [0.15, 0.2) is 22.5 Å². The molecule has 0 unspecified atom stereocenters. The molecule has 2 N–H and O–H groups in total. The van der Waals surface area contributed by atoms with Gasteiger partial charge in [0.05, 0.1) is 10.6 Å². The zero-order valence-corrected chi connectivity index (χ0v) is 14.8. The summed E-state index contributed by atoms with van der Waals surface area (Å²) in [5.74, 6) is -0.388. The van der Waals surface area contributed by atoms with Crippen molar-refractivity contribution in [1.82, 2.24) is 10.2 Å². The fraction of sp³-hybridized carbons (Fsp3) is 0.250. The number of rotatable bonds is 5. The molecule has 1 aromatic carbocycles. The van der Waals surface area contributed by atoms with Gasteiger partial charge in [-0.05, 0) is 18.2 Å². The van der Waals surface area contributed by atoms with Crippen LogP contribution in [0.4, 0.5) is 24.0 Å². The maximum Gasteiger partial charge on any atom is 0.417 e. The third-order valence-corrected chi connectivity index (χ3v) is 5.64. The summed E-state index contributed by atoms with van der Waals surface area (Å²) in [6.07, 6.45) is -4.58. The van der Waals surface area contributed by atoms with Gasteiger partial charge in [-0.15, -0.1) is 10.2 Å². The summed E-state index contributed by atoms with van der Waals surface area (Å²) >= 11 is 6.04. The van der Waals surface area contributed by atoms with E-state index in [-0.39, 0.29) is 23.1 Å². The predicted octanol–water partition coefficient (Wildman–Crippen LogP) is 3.36. The number of amides is 1. The van der Waals surface area contributed by atoms with Crippen molar-refractivity contribution in [3.05, 3.63) is 28.8 Å². The Balaban J connectivity index is 2.26. The highest BCUT2D eigenvalue weighted by Crippen LogP contribution is 2.36. The molecule has 0 aliphatic carbocycles. The summed E-state index contributed by atoms with van der Waals surface area (Å²) in [5.41, 5.74) is -1.52. The van der Waals surface area contributed by atoms with Crippen molar-refractivity contribution in [1.29, 1.82) is 0 Å². The third kappa shape index (κ3) is 4.80. The van der Waals surface area contributed by atoms with Gasteiger partial charge >= 0.3 is 6.18 Å². The first kappa shape index (κ1) is 19.4. The number of hydrogen-bond acceptors (Lipinski definition) is 6. The van der Waals surface area contributed by atoms with E-state index in [4.69, 9.17) is 11.6 Å². The van der Waals surface area contributed by atoms with Gasteiger partial charge in [0.15, 0.2) is 0 Å². The van der Waals surface area contributed by atoms with Gasteiger partial charge in [0.1, 0.15) is 0 Å². The quantitative estimate of drug-likeness (QED) is 0.730. The van der Waals surface area contributed by atoms with E-state index in [0.29, 0.717) is 17.4 Å². The molecule has 0 saturated carbocycles. The zero-order chi connectivity index (χ0) is 18.8. The fourth-order valence-corrected chi connectivity index (χ4v) is 3.77. The first-order chi connectivity index (χ1) is 11.5. The van der Waals surface area contributed by atoms with Gasteiger partial charge in [0.2, 0.25) is 11.0 Å². The molecule has 0 spiro atoms. The van der Waals surface area contributed by atoms with E-state index >= 15 is 0 Å². The van der Waals surface area contributed by atoms with Crippen LogP contribution in [-0.2, 0) is 21.0 Å². The Morgan fingerprint density at radius 1 is 1.32 bits per heavy atom. The average molecular weight is 415 g/mol. The van der Waals surface area contributed by atoms with Crippen molar-refractivity contribution < 1.29 is 26.4 Å². The fourth-order valence-electron chi connectivity index (χ4n) is 1.58. The predicted molar refractivity (Wildman–Crippen MR) is 86.1 cm³/mol. The number of hydrogen-bond donors (Lipinski definition) is 2. The number of halogens is 4. The maximum atomic E-state index is 12.8. The molecular formula is C12H10ClF3N4O3S2. The van der Waals surface area contributed by atoms with Crippen molar-refractivity contribution in [3.63, 3.8) is 0 Å². The minimum Gasteiger partial charge on any atom is -0.301 e. The summed E-state index contributed by atoms with van der Waals surface area (Å²) < 4.78 is 64.3. The van der Waals surface area contributed by atoms with Gasteiger partial charge in [-0.2, -0.15) is 21.6 Å². The van der Waals surface area contributed by atoms with E-state index < -0.39 is 31.1 Å². The van der Waals surface area contributed by atoms with Crippen LogP contribution < -0.4 is 10.0 Å². The van der Waals surface area contributed by atoms with Crippen LogP contribution in [0.25, 0.3) is 0 Å². The first-order valence-corrected chi connectivity index (χ1v) is 9.23. The van der Waals surface area contributed by atoms with E-state index in [2.05, 4.69) is 15.5 Å². The van der Waals surface area contributed by atoms with Gasteiger partial charge in [-0.3, -0.25) is 9.52 Å². The minimum atomic E-state index is -4.74. The van der Waals surface area contributed by atoms with E-state index in [1.54, 1.807) is 6.92 Å². The number of nitrogens with one attached hydrogen (secondary N) is 2. The molecular weight excluding hydrogens is 405 g/mol. The molecule has 0 bridgehead atoms. The lowest BCUT2D eigenvalue weighted by atomic mass is 10.2. The Kier molecular flexibility index (Phi) is 5.54. The average Bonchev–Trinajstić information content (AvgIpc) is 2.97. The number of sulfonamides is 1. The van der Waals surface area contributed by atoms with Gasteiger partial charge < -0.3 is 5.32 Å². The monoisotopic (exact) mass is 414 g/mol. The molecule has 0 aliphatic heterocycles. The molecule has 0 aliphatic rings. The normalized spacial score (nSPS) is 12.0. The molecule has 136 valence electrons. The van der Waals surface area contributed by atoms with Crippen molar-refractivity contribution in [2.75, 3.05) is 10.0 Å². The zero-order valence-electron chi connectivity index (χ0n) is 12.4. The van der Waals surface area contributed by atoms with Crippen LogP contribution in [0.3, 0.4) is 0 Å². The van der Waals surface area contributed by atoms with E-state index in [1.165, 1.54) is 0 Å². The van der Waals surface area contributed by atoms with Crippen molar-refractivity contribution >= 4 is 49.7 Å². The second kappa shape index (κ2) is 7.14. The second-order valence-electron chi connectivity index (χ2n) is 4.57. The number of carbonyl (C=O) groups excluding carboxylic acids is 1. The van der Waals surface area contributed by atoms with Crippen LogP contribution in [0.1, 0.15) is 18.9 Å². The molecule has 1 aromatic heterocycles. The molecule has 1 amide bonds. The second-order valence-corrected chi connectivity index (χ2v) is 7.81. The van der Waals surface area contributed by atoms with Crippen LogP contribution in [0.5, 0.6) is 0 Å². The molecule has 0 radical (unpaired) electrons. The summed E-state index contributed by atoms with van der Waals surface area (Å²) in [6, 6.07) is 2.58.